The van der Waals surface area contributed by atoms with Crippen LogP contribution in [0.1, 0.15) is 20.8 Å². The molecule has 0 saturated heterocycles. The first kappa shape index (κ1) is 27.6. The fraction of sp³-hybridized carbons (Fsp3) is 0.308. The number of amidine groups is 1. The van der Waals surface area contributed by atoms with Gasteiger partial charge in [0, 0.05) is 33.3 Å². The van der Waals surface area contributed by atoms with Crippen LogP contribution in [0.3, 0.4) is 0 Å². The fourth-order valence-electron chi connectivity index (χ4n) is 3.36. The SMILES string of the molecule is C=CN(C)C(C)=NC(=C)S(=O)(=O)Nc1cc2c(cc1Oc1cccc(OCC(C)C)c1)n(C)c(=O)n2C. The monoisotopic (exact) mass is 527 g/mol. The summed E-state index contributed by atoms with van der Waals surface area (Å²) in [5.74, 6) is 1.97. The number of aliphatic imine (C=N–C) groups is 1. The van der Waals surface area contributed by atoms with E-state index in [0.29, 0.717) is 40.9 Å². The average Bonchev–Trinajstić information content (AvgIpc) is 3.05. The first-order chi connectivity index (χ1) is 17.3. The van der Waals surface area contributed by atoms with E-state index in [9.17, 15) is 13.2 Å². The maximum Gasteiger partial charge on any atom is 0.328 e. The van der Waals surface area contributed by atoms with Gasteiger partial charge in [-0.3, -0.25) is 13.9 Å². The van der Waals surface area contributed by atoms with Gasteiger partial charge >= 0.3 is 5.69 Å². The second-order valence-electron chi connectivity index (χ2n) is 8.97. The minimum absolute atomic E-state index is 0.119. The third-order valence-corrected chi connectivity index (χ3v) is 6.82. The van der Waals surface area contributed by atoms with E-state index in [1.807, 2.05) is 19.9 Å². The van der Waals surface area contributed by atoms with Gasteiger partial charge < -0.3 is 14.4 Å². The summed E-state index contributed by atoms with van der Waals surface area (Å²) in [5.41, 5.74) is 0.941. The van der Waals surface area contributed by atoms with Crippen molar-refractivity contribution in [3.05, 3.63) is 71.3 Å². The minimum atomic E-state index is -4.17. The number of benzene rings is 2. The highest BCUT2D eigenvalue weighted by atomic mass is 32.2. The number of nitrogens with zero attached hydrogens (tertiary/aromatic N) is 4. The molecule has 1 N–H and O–H groups in total. The maximum atomic E-state index is 13.1. The number of imidazole rings is 1. The molecule has 3 rings (SSSR count). The van der Waals surface area contributed by atoms with Crippen molar-refractivity contribution >= 4 is 32.6 Å². The number of fused-ring (bicyclic) bond motifs is 1. The predicted molar refractivity (Wildman–Crippen MR) is 148 cm³/mol. The maximum absolute atomic E-state index is 13.1. The van der Waals surface area contributed by atoms with Crippen LogP contribution in [0.2, 0.25) is 0 Å². The molecular weight excluding hydrogens is 494 g/mol. The molecule has 2 aromatic carbocycles. The quantitative estimate of drug-likeness (QED) is 0.309. The molecule has 37 heavy (non-hydrogen) atoms. The largest absolute Gasteiger partial charge is 0.493 e. The third kappa shape index (κ3) is 6.23. The smallest absolute Gasteiger partial charge is 0.328 e. The van der Waals surface area contributed by atoms with Crippen molar-refractivity contribution in [3.8, 4) is 17.2 Å². The molecule has 0 saturated carbocycles. The number of sulfonamides is 1. The number of anilines is 1. The highest BCUT2D eigenvalue weighted by Crippen LogP contribution is 2.36. The molecule has 0 amide bonds. The van der Waals surface area contributed by atoms with Crippen LogP contribution >= 0.6 is 0 Å². The molecule has 10 nitrogen and oxygen atoms in total. The summed E-state index contributed by atoms with van der Waals surface area (Å²) < 4.78 is 43.6. The van der Waals surface area contributed by atoms with Gasteiger partial charge in [0.25, 0.3) is 10.0 Å². The van der Waals surface area contributed by atoms with E-state index in [1.165, 1.54) is 15.3 Å². The van der Waals surface area contributed by atoms with E-state index in [-0.39, 0.29) is 17.1 Å². The molecule has 0 spiro atoms. The van der Waals surface area contributed by atoms with Crippen molar-refractivity contribution in [1.82, 2.24) is 14.0 Å². The van der Waals surface area contributed by atoms with E-state index in [0.717, 1.165) is 0 Å². The minimum Gasteiger partial charge on any atom is -0.493 e. The number of nitrogens with one attached hydrogen (secondary N) is 1. The lowest BCUT2D eigenvalue weighted by Crippen LogP contribution is -2.20. The van der Waals surface area contributed by atoms with Crippen LogP contribution in [0.25, 0.3) is 11.0 Å². The van der Waals surface area contributed by atoms with Gasteiger partial charge in [-0.25, -0.2) is 9.79 Å². The van der Waals surface area contributed by atoms with Gasteiger partial charge in [0.2, 0.25) is 0 Å². The summed E-state index contributed by atoms with van der Waals surface area (Å²) in [6.07, 6.45) is 1.50. The zero-order valence-electron chi connectivity index (χ0n) is 22.0. The second-order valence-corrected chi connectivity index (χ2v) is 10.7. The van der Waals surface area contributed by atoms with Crippen LogP contribution in [0.5, 0.6) is 17.2 Å². The molecule has 0 aliphatic rings. The molecule has 0 aliphatic carbocycles. The van der Waals surface area contributed by atoms with Crippen molar-refractivity contribution in [2.45, 2.75) is 20.8 Å². The molecule has 1 heterocycles. The number of aromatic nitrogens is 2. The van der Waals surface area contributed by atoms with Gasteiger partial charge in [0.05, 0.1) is 23.3 Å². The lowest BCUT2D eigenvalue weighted by molar-refractivity contribution is 0.270. The summed E-state index contributed by atoms with van der Waals surface area (Å²) in [7, 11) is 0.762. The Hall–Kier alpha value is -3.99. The molecule has 0 radical (unpaired) electrons. The van der Waals surface area contributed by atoms with Gasteiger partial charge in [-0.1, -0.05) is 33.1 Å². The summed E-state index contributed by atoms with van der Waals surface area (Å²) >= 11 is 0. The van der Waals surface area contributed by atoms with Crippen molar-refractivity contribution < 1.29 is 17.9 Å². The molecule has 11 heteroatoms. The second kappa shape index (κ2) is 11.0. The molecule has 1 aromatic heterocycles. The zero-order valence-corrected chi connectivity index (χ0v) is 22.8. The van der Waals surface area contributed by atoms with Gasteiger partial charge in [-0.2, -0.15) is 8.42 Å². The summed E-state index contributed by atoms with van der Waals surface area (Å²) in [6, 6.07) is 10.2. The Bertz CT molecular complexity index is 1530. The number of rotatable bonds is 10. The number of aryl methyl sites for hydroxylation is 2. The van der Waals surface area contributed by atoms with Crippen LogP contribution in [-0.2, 0) is 24.1 Å². The molecule has 0 aliphatic heterocycles. The van der Waals surface area contributed by atoms with Crippen LogP contribution in [0.4, 0.5) is 5.69 Å². The Balaban J connectivity index is 2.06. The third-order valence-electron chi connectivity index (χ3n) is 5.62. The molecule has 0 bridgehead atoms. The van der Waals surface area contributed by atoms with E-state index in [2.05, 4.69) is 22.9 Å². The molecule has 0 unspecified atom stereocenters. The molecule has 198 valence electrons. The van der Waals surface area contributed by atoms with Crippen molar-refractivity contribution in [1.29, 1.82) is 0 Å². The van der Waals surface area contributed by atoms with Crippen molar-refractivity contribution in [3.63, 3.8) is 0 Å². The summed E-state index contributed by atoms with van der Waals surface area (Å²) in [4.78, 5) is 18.2. The zero-order chi connectivity index (χ0) is 27.5. The van der Waals surface area contributed by atoms with Crippen molar-refractivity contribution in [2.75, 3.05) is 18.4 Å². The Morgan fingerprint density at radius 2 is 1.78 bits per heavy atom. The highest BCUT2D eigenvalue weighted by molar-refractivity contribution is 7.96. The molecule has 0 fully saturated rings. The van der Waals surface area contributed by atoms with Crippen LogP contribution < -0.4 is 19.9 Å². The predicted octanol–water partition coefficient (Wildman–Crippen LogP) is 4.41. The molecule has 3 aromatic rings. The number of ether oxygens (including phenoxy) is 2. The topological polar surface area (TPSA) is 107 Å². The van der Waals surface area contributed by atoms with Gasteiger partial charge in [0.1, 0.15) is 17.3 Å². The van der Waals surface area contributed by atoms with Crippen molar-refractivity contribution in [2.24, 2.45) is 25.0 Å². The van der Waals surface area contributed by atoms with Crippen LogP contribution in [0, 0.1) is 5.92 Å². The van der Waals surface area contributed by atoms with E-state index in [1.54, 1.807) is 63.3 Å². The molecular formula is C26H33N5O5S. The van der Waals surface area contributed by atoms with Crippen LogP contribution in [-0.4, -0.2) is 41.9 Å². The molecule has 0 atom stereocenters. The Labute approximate surface area is 217 Å². The summed E-state index contributed by atoms with van der Waals surface area (Å²) in [5, 5.41) is -0.393. The van der Waals surface area contributed by atoms with E-state index in [4.69, 9.17) is 9.47 Å². The average molecular weight is 528 g/mol. The number of hydrogen-bond donors (Lipinski definition) is 1. The lowest BCUT2D eigenvalue weighted by atomic mass is 10.2. The Kier molecular flexibility index (Phi) is 8.17. The van der Waals surface area contributed by atoms with Gasteiger partial charge in [-0.05, 0) is 37.2 Å². The van der Waals surface area contributed by atoms with E-state index < -0.39 is 15.1 Å². The normalized spacial score (nSPS) is 12.0. The highest BCUT2D eigenvalue weighted by Gasteiger charge is 2.21. The first-order valence-corrected chi connectivity index (χ1v) is 13.0. The fourth-order valence-corrected chi connectivity index (χ4v) is 4.18. The summed E-state index contributed by atoms with van der Waals surface area (Å²) in [6.45, 7) is 13.5. The lowest BCUT2D eigenvalue weighted by Gasteiger charge is -2.16. The Morgan fingerprint density at radius 3 is 2.41 bits per heavy atom. The number of hydrogen-bond acceptors (Lipinski definition) is 6. The first-order valence-electron chi connectivity index (χ1n) is 11.6. The van der Waals surface area contributed by atoms with E-state index >= 15 is 0 Å². The van der Waals surface area contributed by atoms with Gasteiger partial charge in [0.15, 0.2) is 10.8 Å². The Morgan fingerprint density at radius 1 is 1.16 bits per heavy atom. The van der Waals surface area contributed by atoms with Crippen LogP contribution in [0.15, 0.2) is 70.6 Å². The van der Waals surface area contributed by atoms with Gasteiger partial charge in [-0.15, -0.1) is 0 Å². The standard InChI is InChI=1S/C26H33N5O5S/c1-9-29(6)18(4)27-19(5)37(33,34)28-22-14-23-24(31(8)26(32)30(23)7)15-25(22)36-21-12-10-11-20(13-21)35-16-17(2)3/h9-15,17,28H,1,5,16H2,2-4,6-8H3.